The molecule has 1 aliphatic heterocycles. The molecule has 2 aromatic rings. The van der Waals surface area contributed by atoms with E-state index in [-0.39, 0.29) is 5.82 Å². The Morgan fingerprint density at radius 2 is 2.08 bits per heavy atom. The van der Waals surface area contributed by atoms with Crippen LogP contribution in [0.1, 0.15) is 30.4 Å². The Balaban J connectivity index is 1.87. The number of rotatable bonds is 4. The third-order valence-electron chi connectivity index (χ3n) is 4.74. The van der Waals surface area contributed by atoms with E-state index in [1.807, 2.05) is 23.1 Å². The molecular formula is C21H19ClFN3. The maximum atomic E-state index is 14.2. The van der Waals surface area contributed by atoms with Crippen molar-refractivity contribution in [2.24, 2.45) is 16.6 Å². The fourth-order valence-corrected chi connectivity index (χ4v) is 3.54. The molecule has 0 saturated heterocycles. The third-order valence-corrected chi connectivity index (χ3v) is 5.05. The Morgan fingerprint density at radius 3 is 2.77 bits per heavy atom. The summed E-state index contributed by atoms with van der Waals surface area (Å²) in [5.74, 6) is 1.08. The van der Waals surface area contributed by atoms with Crippen molar-refractivity contribution in [3.63, 3.8) is 0 Å². The van der Waals surface area contributed by atoms with Gasteiger partial charge in [-0.3, -0.25) is 4.90 Å². The Kier molecular flexibility index (Phi) is 4.08. The quantitative estimate of drug-likeness (QED) is 0.749. The molecule has 0 atom stereocenters. The first kappa shape index (κ1) is 16.9. The van der Waals surface area contributed by atoms with Gasteiger partial charge in [0.25, 0.3) is 0 Å². The van der Waals surface area contributed by atoms with Crippen molar-refractivity contribution < 1.29 is 4.39 Å². The van der Waals surface area contributed by atoms with Crippen LogP contribution in [0.25, 0.3) is 11.4 Å². The molecule has 132 valence electrons. The second-order valence-electron chi connectivity index (χ2n) is 6.81. The summed E-state index contributed by atoms with van der Waals surface area (Å²) in [4.78, 5) is 6.71. The molecular weight excluding hydrogens is 349 g/mol. The number of aliphatic imine (C=N–C) groups is 1. The molecule has 1 fully saturated rings. The van der Waals surface area contributed by atoms with Crippen molar-refractivity contribution >= 4 is 40.2 Å². The minimum absolute atomic E-state index is 0.312. The second kappa shape index (κ2) is 6.29. The van der Waals surface area contributed by atoms with Crippen LogP contribution in [0.5, 0.6) is 0 Å². The van der Waals surface area contributed by atoms with Crippen LogP contribution in [0.4, 0.5) is 15.8 Å². The van der Waals surface area contributed by atoms with Crippen molar-refractivity contribution in [3.8, 4) is 0 Å². The van der Waals surface area contributed by atoms with Crippen LogP contribution in [0.3, 0.4) is 0 Å². The van der Waals surface area contributed by atoms with Crippen molar-refractivity contribution in [2.75, 3.05) is 4.90 Å². The summed E-state index contributed by atoms with van der Waals surface area (Å²) < 4.78 is 14.2. The zero-order valence-electron chi connectivity index (χ0n) is 14.3. The lowest BCUT2D eigenvalue weighted by atomic mass is 10.0. The number of hydrogen-bond acceptors (Lipinski definition) is 3. The molecule has 1 heterocycles. The van der Waals surface area contributed by atoms with Gasteiger partial charge in [0.1, 0.15) is 11.7 Å². The SMILES string of the molecule is C=C(N)c1cc(F)cc(N2C(=C)c3c(Cl)cccc3N=C2CC2CC2)c1. The molecule has 1 saturated carbocycles. The lowest BCUT2D eigenvalue weighted by Gasteiger charge is -2.33. The molecule has 2 aliphatic rings. The number of halogens is 2. The largest absolute Gasteiger partial charge is 0.399 e. The molecule has 3 nitrogen and oxygen atoms in total. The number of nitrogens with two attached hydrogens (primary N) is 1. The van der Waals surface area contributed by atoms with Gasteiger partial charge in [0.2, 0.25) is 0 Å². The smallest absolute Gasteiger partial charge is 0.125 e. The van der Waals surface area contributed by atoms with Gasteiger partial charge >= 0.3 is 0 Å². The molecule has 0 amide bonds. The molecule has 0 unspecified atom stereocenters. The Morgan fingerprint density at radius 1 is 1.31 bits per heavy atom. The molecule has 0 aromatic heterocycles. The van der Waals surface area contributed by atoms with E-state index in [1.54, 1.807) is 6.07 Å². The van der Waals surface area contributed by atoms with Gasteiger partial charge in [0.05, 0.1) is 22.1 Å². The first-order valence-electron chi connectivity index (χ1n) is 8.55. The van der Waals surface area contributed by atoms with Gasteiger partial charge in [-0.2, -0.15) is 0 Å². The highest BCUT2D eigenvalue weighted by molar-refractivity contribution is 6.34. The summed E-state index contributed by atoms with van der Waals surface area (Å²) >= 11 is 6.40. The lowest BCUT2D eigenvalue weighted by Crippen LogP contribution is -2.32. The molecule has 26 heavy (non-hydrogen) atoms. The fraction of sp³-hybridized carbons (Fsp3) is 0.190. The van der Waals surface area contributed by atoms with Crippen molar-refractivity contribution in [1.29, 1.82) is 0 Å². The number of amidine groups is 1. The molecule has 4 rings (SSSR count). The average Bonchev–Trinajstić information content (AvgIpc) is 3.38. The van der Waals surface area contributed by atoms with E-state index in [0.717, 1.165) is 23.5 Å². The lowest BCUT2D eigenvalue weighted by molar-refractivity contribution is 0.627. The van der Waals surface area contributed by atoms with E-state index < -0.39 is 0 Å². The highest BCUT2D eigenvalue weighted by Crippen LogP contribution is 2.43. The van der Waals surface area contributed by atoms with Crippen LogP contribution in [0.15, 0.2) is 54.5 Å². The molecule has 2 N–H and O–H groups in total. The number of hydrogen-bond donors (Lipinski definition) is 1. The van der Waals surface area contributed by atoms with Gasteiger partial charge in [-0.1, -0.05) is 30.8 Å². The van der Waals surface area contributed by atoms with E-state index in [0.29, 0.717) is 33.6 Å². The Hall–Kier alpha value is -2.59. The summed E-state index contributed by atoms with van der Waals surface area (Å²) in [6, 6.07) is 10.3. The fourth-order valence-electron chi connectivity index (χ4n) is 3.26. The summed E-state index contributed by atoms with van der Waals surface area (Å²) in [7, 11) is 0. The minimum atomic E-state index is -0.382. The summed E-state index contributed by atoms with van der Waals surface area (Å²) in [5, 5.41) is 0.576. The van der Waals surface area contributed by atoms with Gasteiger partial charge in [0, 0.05) is 23.2 Å². The van der Waals surface area contributed by atoms with Crippen LogP contribution in [0, 0.1) is 11.7 Å². The molecule has 5 heteroatoms. The van der Waals surface area contributed by atoms with Crippen LogP contribution in [0.2, 0.25) is 5.02 Å². The van der Waals surface area contributed by atoms with E-state index in [1.165, 1.54) is 25.0 Å². The predicted molar refractivity (Wildman–Crippen MR) is 107 cm³/mol. The summed E-state index contributed by atoms with van der Waals surface area (Å²) in [6.07, 6.45) is 3.20. The molecule has 0 spiro atoms. The summed E-state index contributed by atoms with van der Waals surface area (Å²) in [6.45, 7) is 7.96. The normalized spacial score (nSPS) is 16.3. The van der Waals surface area contributed by atoms with Gasteiger partial charge in [-0.05, 0) is 49.1 Å². The van der Waals surface area contributed by atoms with Crippen LogP contribution in [-0.4, -0.2) is 5.84 Å². The zero-order valence-corrected chi connectivity index (χ0v) is 15.1. The molecule has 0 radical (unpaired) electrons. The third kappa shape index (κ3) is 3.01. The van der Waals surface area contributed by atoms with E-state index >= 15 is 0 Å². The molecule has 0 bridgehead atoms. The van der Waals surface area contributed by atoms with Crippen LogP contribution >= 0.6 is 11.6 Å². The second-order valence-corrected chi connectivity index (χ2v) is 7.22. The van der Waals surface area contributed by atoms with Crippen molar-refractivity contribution in [1.82, 2.24) is 0 Å². The highest BCUT2D eigenvalue weighted by atomic mass is 35.5. The monoisotopic (exact) mass is 367 g/mol. The number of anilines is 1. The maximum absolute atomic E-state index is 14.2. The van der Waals surface area contributed by atoms with Crippen molar-refractivity contribution in [3.05, 3.63) is 71.5 Å². The van der Waals surface area contributed by atoms with E-state index in [2.05, 4.69) is 13.2 Å². The number of nitrogens with zero attached hydrogens (tertiary/aromatic N) is 2. The van der Waals surface area contributed by atoms with Crippen LogP contribution in [-0.2, 0) is 0 Å². The molecule has 2 aromatic carbocycles. The van der Waals surface area contributed by atoms with Gasteiger partial charge < -0.3 is 5.73 Å². The first-order valence-corrected chi connectivity index (χ1v) is 8.92. The van der Waals surface area contributed by atoms with E-state index in [9.17, 15) is 4.39 Å². The number of benzene rings is 2. The molecule has 1 aliphatic carbocycles. The maximum Gasteiger partial charge on any atom is 0.125 e. The van der Waals surface area contributed by atoms with Gasteiger partial charge in [-0.25, -0.2) is 9.38 Å². The average molecular weight is 368 g/mol. The van der Waals surface area contributed by atoms with Gasteiger partial charge in [0.15, 0.2) is 0 Å². The zero-order chi connectivity index (χ0) is 18.4. The summed E-state index contributed by atoms with van der Waals surface area (Å²) in [5.41, 5.74) is 9.53. The standard InChI is InChI=1S/C21H19ClFN3/c1-12(24)15-9-16(23)11-17(10-15)26-13(2)21-18(22)4-3-5-19(21)25-20(26)8-14-6-7-14/h3-5,9-11,14H,1-2,6-8,24H2. The Bertz CT molecular complexity index is 960. The van der Waals surface area contributed by atoms with Gasteiger partial charge in [-0.15, -0.1) is 0 Å². The number of fused-ring (bicyclic) bond motifs is 1. The predicted octanol–water partition coefficient (Wildman–Crippen LogP) is 5.73. The first-order chi connectivity index (χ1) is 12.4. The minimum Gasteiger partial charge on any atom is -0.399 e. The van der Waals surface area contributed by atoms with Crippen LogP contribution < -0.4 is 10.6 Å². The highest BCUT2D eigenvalue weighted by Gasteiger charge is 2.32. The topological polar surface area (TPSA) is 41.6 Å². The van der Waals surface area contributed by atoms with E-state index in [4.69, 9.17) is 22.3 Å². The van der Waals surface area contributed by atoms with Crippen molar-refractivity contribution in [2.45, 2.75) is 19.3 Å². The Labute approximate surface area is 157 Å².